The van der Waals surface area contributed by atoms with Gasteiger partial charge in [-0.1, -0.05) is 13.8 Å². The maximum atomic E-state index is 5.51. The third-order valence-corrected chi connectivity index (χ3v) is 5.91. The molecule has 2 saturated heterocycles. The first-order chi connectivity index (χ1) is 14.7. The SMILES string of the molecule is CN=C(NCCN1CCN(c2ncccn2)CC1)NCC(C(C)C)N1CCOCC1. The minimum atomic E-state index is 0.487. The molecule has 0 bridgehead atoms. The summed E-state index contributed by atoms with van der Waals surface area (Å²) in [5, 5.41) is 7.00. The van der Waals surface area contributed by atoms with E-state index in [4.69, 9.17) is 4.74 Å². The molecule has 1 aromatic heterocycles. The number of morpholine rings is 1. The molecule has 2 fully saturated rings. The maximum Gasteiger partial charge on any atom is 0.225 e. The number of ether oxygens (including phenoxy) is 1. The Balaban J connectivity index is 1.35. The third kappa shape index (κ3) is 6.78. The molecule has 1 atom stereocenters. The Labute approximate surface area is 180 Å². The molecule has 1 unspecified atom stereocenters. The lowest BCUT2D eigenvalue weighted by molar-refractivity contribution is 0.00752. The highest BCUT2D eigenvalue weighted by Gasteiger charge is 2.24. The Morgan fingerprint density at radius 3 is 2.40 bits per heavy atom. The monoisotopic (exact) mass is 418 g/mol. The minimum absolute atomic E-state index is 0.487. The molecule has 9 nitrogen and oxygen atoms in total. The first kappa shape index (κ1) is 22.7. The molecular formula is C21H38N8O. The molecule has 3 rings (SSSR count). The molecule has 0 amide bonds. The van der Waals surface area contributed by atoms with Gasteiger partial charge in [-0.2, -0.15) is 0 Å². The van der Waals surface area contributed by atoms with Gasteiger partial charge in [0.05, 0.1) is 13.2 Å². The maximum absolute atomic E-state index is 5.51. The summed E-state index contributed by atoms with van der Waals surface area (Å²) in [7, 11) is 1.84. The van der Waals surface area contributed by atoms with Crippen LogP contribution >= 0.6 is 0 Å². The molecule has 9 heteroatoms. The van der Waals surface area contributed by atoms with Crippen molar-refractivity contribution in [1.29, 1.82) is 0 Å². The highest BCUT2D eigenvalue weighted by Crippen LogP contribution is 2.12. The van der Waals surface area contributed by atoms with Gasteiger partial charge in [-0.25, -0.2) is 9.97 Å². The predicted octanol–water partition coefficient (Wildman–Crippen LogP) is 0.120. The van der Waals surface area contributed by atoms with Crippen LogP contribution in [-0.2, 0) is 4.74 Å². The summed E-state index contributed by atoms with van der Waals surface area (Å²) in [6.45, 7) is 15.0. The van der Waals surface area contributed by atoms with Crippen molar-refractivity contribution in [2.45, 2.75) is 19.9 Å². The molecule has 168 valence electrons. The van der Waals surface area contributed by atoms with Gasteiger partial charge in [-0.3, -0.25) is 14.8 Å². The molecule has 2 aliphatic rings. The van der Waals surface area contributed by atoms with Crippen LogP contribution in [0.5, 0.6) is 0 Å². The van der Waals surface area contributed by atoms with E-state index in [0.29, 0.717) is 12.0 Å². The van der Waals surface area contributed by atoms with Gasteiger partial charge in [0.25, 0.3) is 0 Å². The normalized spacial score (nSPS) is 20.4. The number of aliphatic imine (C=N–C) groups is 1. The van der Waals surface area contributed by atoms with Crippen LogP contribution in [-0.4, -0.2) is 111 Å². The summed E-state index contributed by atoms with van der Waals surface area (Å²) >= 11 is 0. The van der Waals surface area contributed by atoms with Crippen molar-refractivity contribution in [2.24, 2.45) is 10.9 Å². The van der Waals surface area contributed by atoms with Gasteiger partial charge >= 0.3 is 0 Å². The molecule has 2 N–H and O–H groups in total. The van der Waals surface area contributed by atoms with E-state index in [9.17, 15) is 0 Å². The number of hydrogen-bond acceptors (Lipinski definition) is 7. The number of nitrogens with zero attached hydrogens (tertiary/aromatic N) is 6. The van der Waals surface area contributed by atoms with Crippen molar-refractivity contribution in [2.75, 3.05) is 84.1 Å². The first-order valence-corrected chi connectivity index (χ1v) is 11.2. The second kappa shape index (κ2) is 12.0. The molecule has 0 saturated carbocycles. The lowest BCUT2D eigenvalue weighted by atomic mass is 10.0. The van der Waals surface area contributed by atoms with Gasteiger partial charge in [-0.05, 0) is 12.0 Å². The summed E-state index contributed by atoms with van der Waals surface area (Å²) in [6.07, 6.45) is 3.61. The van der Waals surface area contributed by atoms with Gasteiger partial charge in [0.2, 0.25) is 5.95 Å². The lowest BCUT2D eigenvalue weighted by Crippen LogP contribution is -2.53. The molecule has 0 aliphatic carbocycles. The molecule has 1 aromatic rings. The number of hydrogen-bond donors (Lipinski definition) is 2. The Hall–Kier alpha value is -1.97. The van der Waals surface area contributed by atoms with Crippen molar-refractivity contribution in [3.05, 3.63) is 18.5 Å². The Kier molecular flexibility index (Phi) is 9.10. The van der Waals surface area contributed by atoms with Crippen LogP contribution in [0, 0.1) is 5.92 Å². The van der Waals surface area contributed by atoms with Crippen molar-refractivity contribution < 1.29 is 4.74 Å². The number of guanidine groups is 1. The van der Waals surface area contributed by atoms with E-state index in [-0.39, 0.29) is 0 Å². The summed E-state index contributed by atoms with van der Waals surface area (Å²) in [5.41, 5.74) is 0. The van der Waals surface area contributed by atoms with Gasteiger partial charge in [0.15, 0.2) is 5.96 Å². The summed E-state index contributed by atoms with van der Waals surface area (Å²) in [4.78, 5) is 20.4. The lowest BCUT2D eigenvalue weighted by Gasteiger charge is -2.37. The Bertz CT molecular complexity index is 627. The largest absolute Gasteiger partial charge is 0.379 e. The molecule has 2 aliphatic heterocycles. The second-order valence-corrected chi connectivity index (χ2v) is 8.22. The standard InChI is InChI=1S/C21H38N8O/c1-18(2)19(28-13-15-30-16-14-28)17-26-20(22-3)23-7-8-27-9-11-29(12-10-27)21-24-5-4-6-25-21/h4-6,18-19H,7-17H2,1-3H3,(H2,22,23,26). The van der Waals surface area contributed by atoms with Crippen LogP contribution in [0.25, 0.3) is 0 Å². The summed E-state index contributed by atoms with van der Waals surface area (Å²) in [6, 6.07) is 2.34. The fourth-order valence-electron chi connectivity index (χ4n) is 4.08. The average molecular weight is 419 g/mol. The van der Waals surface area contributed by atoms with E-state index in [1.165, 1.54) is 0 Å². The molecule has 0 aromatic carbocycles. The predicted molar refractivity (Wildman–Crippen MR) is 121 cm³/mol. The van der Waals surface area contributed by atoms with Crippen LogP contribution in [0.1, 0.15) is 13.8 Å². The zero-order valence-corrected chi connectivity index (χ0v) is 18.8. The number of rotatable bonds is 8. The zero-order chi connectivity index (χ0) is 21.2. The fourth-order valence-corrected chi connectivity index (χ4v) is 4.08. The van der Waals surface area contributed by atoms with Crippen molar-refractivity contribution in [3.8, 4) is 0 Å². The smallest absolute Gasteiger partial charge is 0.225 e. The third-order valence-electron chi connectivity index (χ3n) is 5.91. The average Bonchev–Trinajstić information content (AvgIpc) is 2.79. The van der Waals surface area contributed by atoms with Crippen LogP contribution < -0.4 is 15.5 Å². The fraction of sp³-hybridized carbons (Fsp3) is 0.762. The Morgan fingerprint density at radius 1 is 1.07 bits per heavy atom. The van der Waals surface area contributed by atoms with Gasteiger partial charge in [-0.15, -0.1) is 0 Å². The number of aromatic nitrogens is 2. The van der Waals surface area contributed by atoms with E-state index in [2.05, 4.69) is 54.1 Å². The molecular weight excluding hydrogens is 380 g/mol. The van der Waals surface area contributed by atoms with Crippen LogP contribution in [0.4, 0.5) is 5.95 Å². The zero-order valence-electron chi connectivity index (χ0n) is 18.8. The van der Waals surface area contributed by atoms with E-state index >= 15 is 0 Å². The van der Waals surface area contributed by atoms with E-state index in [0.717, 1.165) is 84.0 Å². The highest BCUT2D eigenvalue weighted by atomic mass is 16.5. The van der Waals surface area contributed by atoms with Gasteiger partial charge in [0.1, 0.15) is 0 Å². The van der Waals surface area contributed by atoms with E-state index in [1.807, 2.05) is 13.1 Å². The topological polar surface area (TPSA) is 81.2 Å². The van der Waals surface area contributed by atoms with Crippen LogP contribution in [0.15, 0.2) is 23.5 Å². The molecule has 30 heavy (non-hydrogen) atoms. The van der Waals surface area contributed by atoms with Crippen LogP contribution in [0.2, 0.25) is 0 Å². The number of nitrogens with one attached hydrogen (secondary N) is 2. The Morgan fingerprint density at radius 2 is 1.77 bits per heavy atom. The van der Waals surface area contributed by atoms with Crippen molar-refractivity contribution in [1.82, 2.24) is 30.4 Å². The van der Waals surface area contributed by atoms with Crippen LogP contribution in [0.3, 0.4) is 0 Å². The van der Waals surface area contributed by atoms with E-state index < -0.39 is 0 Å². The van der Waals surface area contributed by atoms with E-state index in [1.54, 1.807) is 12.4 Å². The summed E-state index contributed by atoms with van der Waals surface area (Å²) in [5.74, 6) is 2.30. The number of piperazine rings is 1. The number of anilines is 1. The quantitative estimate of drug-likeness (QED) is 0.455. The summed E-state index contributed by atoms with van der Waals surface area (Å²) < 4.78 is 5.51. The minimum Gasteiger partial charge on any atom is -0.379 e. The van der Waals surface area contributed by atoms with Gasteiger partial charge in [0, 0.05) is 84.4 Å². The first-order valence-electron chi connectivity index (χ1n) is 11.2. The molecule has 0 radical (unpaired) electrons. The second-order valence-electron chi connectivity index (χ2n) is 8.22. The van der Waals surface area contributed by atoms with Gasteiger partial charge < -0.3 is 20.3 Å². The van der Waals surface area contributed by atoms with Crippen molar-refractivity contribution in [3.63, 3.8) is 0 Å². The molecule has 0 spiro atoms. The molecule has 3 heterocycles. The highest BCUT2D eigenvalue weighted by molar-refractivity contribution is 5.79. The van der Waals surface area contributed by atoms with Crippen molar-refractivity contribution >= 4 is 11.9 Å².